The molecule has 0 unspecified atom stereocenters. The highest BCUT2D eigenvalue weighted by atomic mass is 16.3. The average molecular weight is 335 g/mol. The molecule has 1 atom stereocenters. The fourth-order valence-corrected chi connectivity index (χ4v) is 4.29. The first kappa shape index (κ1) is 17.0. The minimum Gasteiger partial charge on any atom is -0.438 e. The molecule has 0 saturated carbocycles. The molecule has 2 fully saturated rings. The Kier molecular flexibility index (Phi) is 4.15. The summed E-state index contributed by atoms with van der Waals surface area (Å²) in [5.74, 6) is 0.188. The van der Waals surface area contributed by atoms with Gasteiger partial charge in [-0.3, -0.25) is 9.59 Å². The number of carbonyl (C=O) groups excluding carboxylic acids is 2. The molecule has 3 rings (SSSR count). The predicted molar refractivity (Wildman–Crippen MR) is 86.3 cm³/mol. The van der Waals surface area contributed by atoms with Gasteiger partial charge < -0.3 is 19.3 Å². The normalized spacial score (nSPS) is 26.2. The number of hydrogen-bond donors (Lipinski definition) is 1. The maximum atomic E-state index is 12.5. The summed E-state index contributed by atoms with van der Waals surface area (Å²) >= 11 is 0. The molecule has 0 aliphatic carbocycles. The standard InChI is InChI=1S/C17H25N3O4/c1-12-14(24-11-18-12)15(23)19-6-4-17(5-7-19)8-16(3,10-21)20(9-17)13(2)22/h11,21H,4-10H2,1-3H3/t16-/m1/s1. The van der Waals surface area contributed by atoms with Crippen LogP contribution in [0.25, 0.3) is 0 Å². The Bertz CT molecular complexity index is 648. The zero-order valence-electron chi connectivity index (χ0n) is 14.5. The van der Waals surface area contributed by atoms with Gasteiger partial charge in [0.2, 0.25) is 11.7 Å². The van der Waals surface area contributed by atoms with Crippen LogP contribution in [0.5, 0.6) is 0 Å². The molecule has 0 radical (unpaired) electrons. The van der Waals surface area contributed by atoms with E-state index in [1.807, 2.05) is 6.92 Å². The third-order valence-corrected chi connectivity index (χ3v) is 5.67. The summed E-state index contributed by atoms with van der Waals surface area (Å²) in [5, 5.41) is 9.78. The number of carbonyl (C=O) groups is 2. The second-order valence-electron chi connectivity index (χ2n) is 7.50. The highest BCUT2D eigenvalue weighted by Gasteiger charge is 2.52. The van der Waals surface area contributed by atoms with Crippen LogP contribution in [0.1, 0.15) is 49.4 Å². The van der Waals surface area contributed by atoms with Gasteiger partial charge in [-0.15, -0.1) is 0 Å². The molecule has 1 N–H and O–H groups in total. The van der Waals surface area contributed by atoms with Crippen molar-refractivity contribution in [2.45, 2.75) is 45.6 Å². The molecule has 7 nitrogen and oxygen atoms in total. The quantitative estimate of drug-likeness (QED) is 0.878. The molecular weight excluding hydrogens is 310 g/mol. The number of aliphatic hydroxyl groups is 1. The first-order chi connectivity index (χ1) is 11.3. The number of hydrogen-bond acceptors (Lipinski definition) is 5. The molecule has 2 aliphatic rings. The lowest BCUT2D eigenvalue weighted by Gasteiger charge is -2.39. The molecule has 1 spiro atoms. The lowest BCUT2D eigenvalue weighted by atomic mass is 9.74. The van der Waals surface area contributed by atoms with Gasteiger partial charge in [0, 0.05) is 26.6 Å². The molecule has 1 aromatic heterocycles. The van der Waals surface area contributed by atoms with Gasteiger partial charge in [-0.25, -0.2) is 4.98 Å². The molecule has 2 aliphatic heterocycles. The molecule has 132 valence electrons. The number of piperidine rings is 1. The Morgan fingerprint density at radius 2 is 2.04 bits per heavy atom. The Morgan fingerprint density at radius 1 is 1.38 bits per heavy atom. The fraction of sp³-hybridized carbons (Fsp3) is 0.706. The van der Waals surface area contributed by atoms with Crippen molar-refractivity contribution < 1.29 is 19.1 Å². The first-order valence-electron chi connectivity index (χ1n) is 8.39. The van der Waals surface area contributed by atoms with Crippen molar-refractivity contribution in [3.63, 3.8) is 0 Å². The van der Waals surface area contributed by atoms with E-state index in [0.29, 0.717) is 31.1 Å². The van der Waals surface area contributed by atoms with Gasteiger partial charge in [0.15, 0.2) is 6.39 Å². The van der Waals surface area contributed by atoms with Gasteiger partial charge in [-0.1, -0.05) is 0 Å². The van der Waals surface area contributed by atoms with Crippen molar-refractivity contribution in [2.24, 2.45) is 5.41 Å². The van der Waals surface area contributed by atoms with E-state index in [1.54, 1.807) is 23.6 Å². The van der Waals surface area contributed by atoms with Crippen molar-refractivity contribution in [3.8, 4) is 0 Å². The zero-order chi connectivity index (χ0) is 17.5. The van der Waals surface area contributed by atoms with Crippen LogP contribution in [0.15, 0.2) is 10.8 Å². The summed E-state index contributed by atoms with van der Waals surface area (Å²) in [6.45, 7) is 7.14. The number of amides is 2. The predicted octanol–water partition coefficient (Wildman–Crippen LogP) is 1.21. The van der Waals surface area contributed by atoms with Crippen LogP contribution in [-0.4, -0.2) is 63.5 Å². The number of oxazole rings is 1. The SMILES string of the molecule is CC(=O)N1CC2(CCN(C(=O)c3ocnc3C)CC2)C[C@]1(C)CO. The van der Waals surface area contributed by atoms with Crippen molar-refractivity contribution in [1.82, 2.24) is 14.8 Å². The van der Waals surface area contributed by atoms with Crippen molar-refractivity contribution in [3.05, 3.63) is 17.8 Å². The molecule has 0 bridgehead atoms. The minimum atomic E-state index is -0.500. The summed E-state index contributed by atoms with van der Waals surface area (Å²) in [5.41, 5.74) is 0.0902. The van der Waals surface area contributed by atoms with Gasteiger partial charge >= 0.3 is 0 Å². The van der Waals surface area contributed by atoms with E-state index in [2.05, 4.69) is 4.98 Å². The molecule has 7 heteroatoms. The lowest BCUT2D eigenvalue weighted by Crippen LogP contribution is -2.46. The van der Waals surface area contributed by atoms with Gasteiger partial charge in [-0.05, 0) is 38.5 Å². The van der Waals surface area contributed by atoms with Crippen molar-refractivity contribution in [2.75, 3.05) is 26.2 Å². The molecular formula is C17H25N3O4. The molecule has 2 saturated heterocycles. The van der Waals surface area contributed by atoms with Crippen LogP contribution in [0, 0.1) is 12.3 Å². The van der Waals surface area contributed by atoms with Crippen molar-refractivity contribution in [1.29, 1.82) is 0 Å². The van der Waals surface area contributed by atoms with Crippen LogP contribution >= 0.6 is 0 Å². The summed E-state index contributed by atoms with van der Waals surface area (Å²) in [7, 11) is 0. The van der Waals surface area contributed by atoms with Gasteiger partial charge in [0.05, 0.1) is 17.8 Å². The van der Waals surface area contributed by atoms with Crippen LogP contribution in [0.4, 0.5) is 0 Å². The lowest BCUT2D eigenvalue weighted by molar-refractivity contribution is -0.134. The second kappa shape index (κ2) is 5.88. The summed E-state index contributed by atoms with van der Waals surface area (Å²) < 4.78 is 5.21. The molecule has 2 amide bonds. The van der Waals surface area contributed by atoms with Crippen LogP contribution in [0.3, 0.4) is 0 Å². The third kappa shape index (κ3) is 2.70. The minimum absolute atomic E-state index is 0.000726. The highest BCUT2D eigenvalue weighted by Crippen LogP contribution is 2.48. The topological polar surface area (TPSA) is 86.9 Å². The highest BCUT2D eigenvalue weighted by molar-refractivity contribution is 5.92. The number of aromatic nitrogens is 1. The Labute approximate surface area is 141 Å². The van der Waals surface area contributed by atoms with E-state index in [-0.39, 0.29) is 23.8 Å². The number of aryl methyl sites for hydroxylation is 1. The Hall–Kier alpha value is -1.89. The van der Waals surface area contributed by atoms with Gasteiger partial charge in [0.1, 0.15) is 0 Å². The Morgan fingerprint density at radius 3 is 2.50 bits per heavy atom. The van der Waals surface area contributed by atoms with Crippen LogP contribution in [0.2, 0.25) is 0 Å². The Balaban J connectivity index is 1.70. The van der Waals surface area contributed by atoms with Crippen LogP contribution in [-0.2, 0) is 4.79 Å². The van der Waals surface area contributed by atoms with Crippen LogP contribution < -0.4 is 0 Å². The maximum absolute atomic E-state index is 12.5. The molecule has 24 heavy (non-hydrogen) atoms. The summed E-state index contributed by atoms with van der Waals surface area (Å²) in [6, 6.07) is 0. The van der Waals surface area contributed by atoms with E-state index in [9.17, 15) is 14.7 Å². The second-order valence-corrected chi connectivity index (χ2v) is 7.50. The number of likely N-dealkylation sites (tertiary alicyclic amines) is 2. The number of nitrogens with zero attached hydrogens (tertiary/aromatic N) is 3. The molecule has 3 heterocycles. The van der Waals surface area contributed by atoms with E-state index in [1.165, 1.54) is 6.39 Å². The van der Waals surface area contributed by atoms with Crippen molar-refractivity contribution >= 4 is 11.8 Å². The third-order valence-electron chi connectivity index (χ3n) is 5.67. The fourth-order valence-electron chi connectivity index (χ4n) is 4.29. The monoisotopic (exact) mass is 335 g/mol. The largest absolute Gasteiger partial charge is 0.438 e. The smallest absolute Gasteiger partial charge is 0.291 e. The van der Waals surface area contributed by atoms with Gasteiger partial charge in [0.25, 0.3) is 5.91 Å². The summed E-state index contributed by atoms with van der Waals surface area (Å²) in [6.07, 6.45) is 3.72. The molecule has 1 aromatic rings. The van der Waals surface area contributed by atoms with E-state index < -0.39 is 5.54 Å². The van der Waals surface area contributed by atoms with E-state index >= 15 is 0 Å². The molecule has 0 aromatic carbocycles. The zero-order valence-corrected chi connectivity index (χ0v) is 14.5. The van der Waals surface area contributed by atoms with E-state index in [0.717, 1.165) is 19.3 Å². The average Bonchev–Trinajstić information content (AvgIpc) is 3.10. The number of rotatable bonds is 2. The van der Waals surface area contributed by atoms with E-state index in [4.69, 9.17) is 4.42 Å². The van der Waals surface area contributed by atoms with Gasteiger partial charge in [-0.2, -0.15) is 0 Å². The number of aliphatic hydroxyl groups excluding tert-OH is 1. The maximum Gasteiger partial charge on any atom is 0.291 e. The summed E-state index contributed by atoms with van der Waals surface area (Å²) in [4.78, 5) is 32.0. The first-order valence-corrected chi connectivity index (χ1v) is 8.39.